The number of aromatic nitrogens is 2. The molecule has 3 rings (SSSR count). The van der Waals surface area contributed by atoms with Crippen molar-refractivity contribution in [3.8, 4) is 0 Å². The Hall–Kier alpha value is -1.24. The van der Waals surface area contributed by atoms with Crippen molar-refractivity contribution in [2.24, 2.45) is 5.41 Å². The number of aliphatic hydroxyl groups excluding tert-OH is 1. The van der Waals surface area contributed by atoms with Crippen LogP contribution in [0.5, 0.6) is 0 Å². The molecule has 0 spiro atoms. The second-order valence-corrected chi connectivity index (χ2v) is 7.98. The predicted molar refractivity (Wildman–Crippen MR) is 95.6 cm³/mol. The van der Waals surface area contributed by atoms with Crippen LogP contribution in [0.3, 0.4) is 0 Å². The van der Waals surface area contributed by atoms with Gasteiger partial charge >= 0.3 is 0 Å². The summed E-state index contributed by atoms with van der Waals surface area (Å²) in [4.78, 5) is 13.9. The minimum Gasteiger partial charge on any atom is -0.396 e. The number of anilines is 1. The summed E-state index contributed by atoms with van der Waals surface area (Å²) in [6.45, 7) is 9.35. The first kappa shape index (κ1) is 16.6. The number of nitrogens with two attached hydrogens (primary N) is 1. The third-order valence-electron chi connectivity index (χ3n) is 5.47. The first-order chi connectivity index (χ1) is 11.0. The monoisotopic (exact) mass is 334 g/mol. The van der Waals surface area contributed by atoms with Crippen LogP contribution < -0.4 is 5.73 Å². The number of fused-ring (bicyclic) bond motifs is 1. The van der Waals surface area contributed by atoms with E-state index in [0.29, 0.717) is 12.4 Å². The molecule has 0 unspecified atom stereocenters. The van der Waals surface area contributed by atoms with Gasteiger partial charge in [-0.05, 0) is 57.2 Å². The number of nitrogens with zero attached hydrogens (tertiary/aromatic N) is 3. The summed E-state index contributed by atoms with van der Waals surface area (Å²) in [6.07, 6.45) is 3.12. The van der Waals surface area contributed by atoms with Crippen LogP contribution in [0.4, 0.5) is 5.82 Å². The summed E-state index contributed by atoms with van der Waals surface area (Å²) in [5.41, 5.74) is 7.48. The second kappa shape index (κ2) is 6.34. The average molecular weight is 334 g/mol. The molecule has 0 aromatic carbocycles. The minimum absolute atomic E-state index is 0.113. The highest BCUT2D eigenvalue weighted by Gasteiger charge is 2.32. The maximum absolute atomic E-state index is 9.64. The van der Waals surface area contributed by atoms with Crippen molar-refractivity contribution in [1.29, 1.82) is 0 Å². The number of thiophene rings is 1. The van der Waals surface area contributed by atoms with E-state index in [0.717, 1.165) is 54.9 Å². The van der Waals surface area contributed by atoms with Gasteiger partial charge < -0.3 is 10.8 Å². The molecular formula is C17H26N4OS. The summed E-state index contributed by atoms with van der Waals surface area (Å²) in [7, 11) is 0. The standard InChI is InChI=1S/C17H26N4OS/c1-4-17(10-22)5-7-21(8-6-17)9-13-19-15(18)14-11(2)12(3)23-16(14)20-13/h22H,4-10H2,1-3H3,(H2,18,19,20). The van der Waals surface area contributed by atoms with Gasteiger partial charge in [-0.25, -0.2) is 9.97 Å². The Morgan fingerprint density at radius 1 is 1.26 bits per heavy atom. The number of piperidine rings is 1. The molecule has 6 heteroatoms. The number of aryl methyl sites for hydroxylation is 2. The lowest BCUT2D eigenvalue weighted by Gasteiger charge is -2.40. The largest absolute Gasteiger partial charge is 0.396 e. The van der Waals surface area contributed by atoms with E-state index in [1.165, 1.54) is 10.4 Å². The van der Waals surface area contributed by atoms with Gasteiger partial charge in [-0.3, -0.25) is 4.90 Å². The molecule has 2 aromatic rings. The molecule has 1 aliphatic rings. The Kier molecular flexibility index (Phi) is 4.58. The number of rotatable bonds is 4. The molecule has 2 aromatic heterocycles. The van der Waals surface area contributed by atoms with E-state index in [1.54, 1.807) is 11.3 Å². The van der Waals surface area contributed by atoms with Gasteiger partial charge in [0.25, 0.3) is 0 Å². The van der Waals surface area contributed by atoms with Crippen LogP contribution in [-0.4, -0.2) is 39.7 Å². The smallest absolute Gasteiger partial charge is 0.146 e. The number of likely N-dealkylation sites (tertiary alicyclic amines) is 1. The average Bonchev–Trinajstić information content (AvgIpc) is 2.83. The van der Waals surface area contributed by atoms with Crippen LogP contribution in [-0.2, 0) is 6.54 Å². The lowest BCUT2D eigenvalue weighted by molar-refractivity contribution is 0.0374. The minimum atomic E-state index is 0.113. The number of nitrogen functional groups attached to an aromatic ring is 1. The number of hydrogen-bond donors (Lipinski definition) is 2. The highest BCUT2D eigenvalue weighted by atomic mass is 32.1. The summed E-state index contributed by atoms with van der Waals surface area (Å²) < 4.78 is 0. The van der Waals surface area contributed by atoms with E-state index in [2.05, 4.69) is 30.7 Å². The van der Waals surface area contributed by atoms with Gasteiger partial charge in [-0.1, -0.05) is 6.92 Å². The second-order valence-electron chi connectivity index (χ2n) is 6.78. The SMILES string of the molecule is CCC1(CO)CCN(Cc2nc(N)c3c(C)c(C)sc3n2)CC1. The van der Waals surface area contributed by atoms with Crippen molar-refractivity contribution >= 4 is 27.4 Å². The highest BCUT2D eigenvalue weighted by Crippen LogP contribution is 2.35. The fourth-order valence-electron chi connectivity index (χ4n) is 3.41. The fraction of sp³-hybridized carbons (Fsp3) is 0.647. The molecule has 23 heavy (non-hydrogen) atoms. The van der Waals surface area contributed by atoms with Gasteiger partial charge in [0.15, 0.2) is 0 Å². The molecule has 5 nitrogen and oxygen atoms in total. The van der Waals surface area contributed by atoms with Crippen LogP contribution in [0.2, 0.25) is 0 Å². The van der Waals surface area contributed by atoms with Crippen LogP contribution >= 0.6 is 11.3 Å². The van der Waals surface area contributed by atoms with Crippen LogP contribution in [0.15, 0.2) is 0 Å². The van der Waals surface area contributed by atoms with Gasteiger partial charge in [-0.15, -0.1) is 11.3 Å². The van der Waals surface area contributed by atoms with E-state index in [9.17, 15) is 5.11 Å². The molecule has 1 fully saturated rings. The third kappa shape index (κ3) is 3.07. The van der Waals surface area contributed by atoms with Gasteiger partial charge in [-0.2, -0.15) is 0 Å². The van der Waals surface area contributed by atoms with Crippen LogP contribution in [0, 0.1) is 19.3 Å². The van der Waals surface area contributed by atoms with Crippen molar-refractivity contribution in [2.45, 2.75) is 46.6 Å². The normalized spacial score (nSPS) is 18.6. The van der Waals surface area contributed by atoms with E-state index in [1.807, 2.05) is 0 Å². The Morgan fingerprint density at radius 3 is 2.57 bits per heavy atom. The molecule has 1 aliphatic heterocycles. The van der Waals surface area contributed by atoms with Crippen molar-refractivity contribution < 1.29 is 5.11 Å². The third-order valence-corrected chi connectivity index (χ3v) is 6.57. The lowest BCUT2D eigenvalue weighted by atomic mass is 9.77. The molecule has 0 atom stereocenters. The maximum Gasteiger partial charge on any atom is 0.146 e. The first-order valence-electron chi connectivity index (χ1n) is 8.33. The van der Waals surface area contributed by atoms with E-state index < -0.39 is 0 Å². The summed E-state index contributed by atoms with van der Waals surface area (Å²) in [6, 6.07) is 0. The van der Waals surface area contributed by atoms with E-state index in [4.69, 9.17) is 10.7 Å². The molecule has 0 aliphatic carbocycles. The van der Waals surface area contributed by atoms with Gasteiger partial charge in [0.05, 0.1) is 11.9 Å². The fourth-order valence-corrected chi connectivity index (χ4v) is 4.46. The number of aliphatic hydroxyl groups is 1. The Balaban J connectivity index is 1.75. The van der Waals surface area contributed by atoms with Gasteiger partial charge in [0.1, 0.15) is 16.5 Å². The Bertz CT molecular complexity index is 698. The van der Waals surface area contributed by atoms with E-state index >= 15 is 0 Å². The van der Waals surface area contributed by atoms with Crippen LogP contribution in [0.25, 0.3) is 10.2 Å². The van der Waals surface area contributed by atoms with Gasteiger partial charge in [0, 0.05) is 11.5 Å². The predicted octanol–water partition coefficient (Wildman–Crippen LogP) is 2.87. The van der Waals surface area contributed by atoms with E-state index in [-0.39, 0.29) is 5.41 Å². The molecule has 0 saturated carbocycles. The highest BCUT2D eigenvalue weighted by molar-refractivity contribution is 7.18. The zero-order valence-electron chi connectivity index (χ0n) is 14.2. The van der Waals surface area contributed by atoms with Gasteiger partial charge in [0.2, 0.25) is 0 Å². The van der Waals surface area contributed by atoms with Crippen molar-refractivity contribution in [1.82, 2.24) is 14.9 Å². The molecule has 126 valence electrons. The molecular weight excluding hydrogens is 308 g/mol. The van der Waals surface area contributed by atoms with Crippen molar-refractivity contribution in [2.75, 3.05) is 25.4 Å². The number of hydrogen-bond acceptors (Lipinski definition) is 6. The first-order valence-corrected chi connectivity index (χ1v) is 9.15. The molecule has 3 heterocycles. The Labute approximate surface area is 141 Å². The lowest BCUT2D eigenvalue weighted by Crippen LogP contribution is -2.41. The summed E-state index contributed by atoms with van der Waals surface area (Å²) >= 11 is 1.69. The molecule has 1 saturated heterocycles. The Morgan fingerprint density at radius 2 is 1.96 bits per heavy atom. The molecule has 3 N–H and O–H groups in total. The molecule has 0 bridgehead atoms. The zero-order valence-corrected chi connectivity index (χ0v) is 15.0. The maximum atomic E-state index is 9.64. The molecule has 0 radical (unpaired) electrons. The van der Waals surface area contributed by atoms with Crippen LogP contribution in [0.1, 0.15) is 42.5 Å². The quantitative estimate of drug-likeness (QED) is 0.899. The van der Waals surface area contributed by atoms with Crippen molar-refractivity contribution in [3.05, 3.63) is 16.3 Å². The zero-order chi connectivity index (χ0) is 16.6. The topological polar surface area (TPSA) is 75.3 Å². The summed E-state index contributed by atoms with van der Waals surface area (Å²) in [5.74, 6) is 1.41. The summed E-state index contributed by atoms with van der Waals surface area (Å²) in [5, 5.41) is 10.7. The van der Waals surface area contributed by atoms with Crippen molar-refractivity contribution in [3.63, 3.8) is 0 Å². The molecule has 0 amide bonds.